The van der Waals surface area contributed by atoms with Gasteiger partial charge in [-0.15, -0.1) is 0 Å². The zero-order chi connectivity index (χ0) is 22.2. The molecular formula is C22H21F2N3O3. The number of aromatic amines is 1. The SMILES string of the molecule is Cc1cc(C)nc(C(=O)c2c(C(C)C)c(=O)[nH]c(=O)n2Cc2cc(F)cc(F)c2)c1. The molecule has 0 aliphatic rings. The molecule has 0 aliphatic carbocycles. The van der Waals surface area contributed by atoms with Crippen molar-refractivity contribution >= 4 is 5.78 Å². The van der Waals surface area contributed by atoms with Crippen LogP contribution in [-0.4, -0.2) is 20.3 Å². The van der Waals surface area contributed by atoms with E-state index in [0.29, 0.717) is 11.8 Å². The van der Waals surface area contributed by atoms with Gasteiger partial charge in [-0.25, -0.2) is 18.6 Å². The Hall–Kier alpha value is -3.42. The first-order valence-electron chi connectivity index (χ1n) is 9.38. The molecule has 8 heteroatoms. The quantitative estimate of drug-likeness (QED) is 0.651. The average Bonchev–Trinajstić information content (AvgIpc) is 2.61. The molecule has 0 atom stereocenters. The molecule has 0 aliphatic heterocycles. The van der Waals surface area contributed by atoms with Crippen LogP contribution in [-0.2, 0) is 6.54 Å². The number of pyridine rings is 1. The Morgan fingerprint density at radius 1 is 1.07 bits per heavy atom. The zero-order valence-electron chi connectivity index (χ0n) is 17.0. The Kier molecular flexibility index (Phi) is 5.78. The fraction of sp³-hybridized carbons (Fsp3) is 0.273. The zero-order valence-corrected chi connectivity index (χ0v) is 17.0. The fourth-order valence-corrected chi connectivity index (χ4v) is 3.48. The van der Waals surface area contributed by atoms with Crippen LogP contribution < -0.4 is 11.2 Å². The number of benzene rings is 1. The van der Waals surface area contributed by atoms with Crippen LogP contribution in [0.5, 0.6) is 0 Å². The predicted octanol–water partition coefficient (Wildman–Crippen LogP) is 3.23. The molecule has 0 radical (unpaired) electrons. The minimum atomic E-state index is -0.846. The number of hydrogen-bond donors (Lipinski definition) is 1. The molecule has 0 fully saturated rings. The molecule has 30 heavy (non-hydrogen) atoms. The minimum Gasteiger partial charge on any atom is -0.285 e. The molecule has 0 unspecified atom stereocenters. The number of H-pyrrole nitrogens is 1. The normalized spacial score (nSPS) is 11.2. The van der Waals surface area contributed by atoms with Gasteiger partial charge in [0, 0.05) is 17.3 Å². The number of carbonyl (C=O) groups excluding carboxylic acids is 1. The summed E-state index contributed by atoms with van der Waals surface area (Å²) in [6, 6.07) is 6.21. The maximum Gasteiger partial charge on any atom is 0.329 e. The highest BCUT2D eigenvalue weighted by atomic mass is 19.1. The first kappa shape index (κ1) is 21.3. The summed E-state index contributed by atoms with van der Waals surface area (Å²) in [7, 11) is 0. The molecular weight excluding hydrogens is 392 g/mol. The third-order valence-corrected chi connectivity index (χ3v) is 4.62. The van der Waals surface area contributed by atoms with Gasteiger partial charge in [0.15, 0.2) is 0 Å². The first-order valence-corrected chi connectivity index (χ1v) is 9.38. The van der Waals surface area contributed by atoms with Crippen molar-refractivity contribution in [3.8, 4) is 0 Å². The molecule has 0 amide bonds. The summed E-state index contributed by atoms with van der Waals surface area (Å²) in [6.45, 7) is 6.67. The Balaban J connectivity index is 2.29. The van der Waals surface area contributed by atoms with Gasteiger partial charge < -0.3 is 0 Å². The number of rotatable bonds is 5. The molecule has 2 aromatic heterocycles. The van der Waals surface area contributed by atoms with Gasteiger partial charge in [0.1, 0.15) is 23.0 Å². The van der Waals surface area contributed by atoms with E-state index in [4.69, 9.17) is 0 Å². The van der Waals surface area contributed by atoms with Crippen molar-refractivity contribution in [3.63, 3.8) is 0 Å². The summed E-state index contributed by atoms with van der Waals surface area (Å²) in [5.74, 6) is -2.62. The van der Waals surface area contributed by atoms with E-state index < -0.39 is 34.6 Å². The topological polar surface area (TPSA) is 84.8 Å². The van der Waals surface area contributed by atoms with E-state index in [1.54, 1.807) is 39.8 Å². The van der Waals surface area contributed by atoms with Crippen LogP contribution in [0.15, 0.2) is 39.9 Å². The van der Waals surface area contributed by atoms with E-state index in [9.17, 15) is 23.2 Å². The molecule has 1 N–H and O–H groups in total. The maximum atomic E-state index is 13.7. The van der Waals surface area contributed by atoms with Crippen LogP contribution in [0.3, 0.4) is 0 Å². The second kappa shape index (κ2) is 8.14. The molecule has 3 aromatic rings. The van der Waals surface area contributed by atoms with Crippen LogP contribution in [0.25, 0.3) is 0 Å². The lowest BCUT2D eigenvalue weighted by molar-refractivity contribution is 0.102. The summed E-state index contributed by atoms with van der Waals surface area (Å²) in [5.41, 5.74) is 0.0696. The van der Waals surface area contributed by atoms with Gasteiger partial charge in [-0.2, -0.15) is 0 Å². The van der Waals surface area contributed by atoms with Crippen LogP contribution in [0.1, 0.15) is 58.3 Å². The molecule has 3 rings (SSSR count). The number of halogens is 2. The van der Waals surface area contributed by atoms with Crippen LogP contribution in [0.4, 0.5) is 8.78 Å². The third-order valence-electron chi connectivity index (χ3n) is 4.62. The number of hydrogen-bond acceptors (Lipinski definition) is 4. The average molecular weight is 413 g/mol. The highest BCUT2D eigenvalue weighted by molar-refractivity contribution is 6.07. The largest absolute Gasteiger partial charge is 0.329 e. The fourth-order valence-electron chi connectivity index (χ4n) is 3.48. The summed E-state index contributed by atoms with van der Waals surface area (Å²) in [6.07, 6.45) is 0. The summed E-state index contributed by atoms with van der Waals surface area (Å²) < 4.78 is 28.3. The molecule has 0 bridgehead atoms. The van der Waals surface area contributed by atoms with Gasteiger partial charge >= 0.3 is 5.69 Å². The van der Waals surface area contributed by atoms with Gasteiger partial charge in [-0.1, -0.05) is 13.8 Å². The lowest BCUT2D eigenvalue weighted by atomic mass is 9.98. The van der Waals surface area contributed by atoms with Gasteiger partial charge in [-0.3, -0.25) is 19.1 Å². The Labute approximate surface area is 171 Å². The van der Waals surface area contributed by atoms with Crippen molar-refractivity contribution < 1.29 is 13.6 Å². The molecule has 6 nitrogen and oxygen atoms in total. The molecule has 1 aromatic carbocycles. The highest BCUT2D eigenvalue weighted by Gasteiger charge is 2.25. The Bertz CT molecular complexity index is 1220. The molecule has 0 saturated heterocycles. The first-order chi connectivity index (χ1) is 14.1. The van der Waals surface area contributed by atoms with Gasteiger partial charge in [0.05, 0.1) is 6.54 Å². The Morgan fingerprint density at radius 2 is 1.70 bits per heavy atom. The second-order valence-corrected chi connectivity index (χ2v) is 7.54. The second-order valence-electron chi connectivity index (χ2n) is 7.54. The van der Waals surface area contributed by atoms with E-state index >= 15 is 0 Å². The summed E-state index contributed by atoms with van der Waals surface area (Å²) in [5, 5.41) is 0. The highest BCUT2D eigenvalue weighted by Crippen LogP contribution is 2.20. The summed E-state index contributed by atoms with van der Waals surface area (Å²) >= 11 is 0. The van der Waals surface area contributed by atoms with Crippen LogP contribution in [0.2, 0.25) is 0 Å². The van der Waals surface area contributed by atoms with Crippen molar-refractivity contribution in [1.29, 1.82) is 0 Å². The van der Waals surface area contributed by atoms with Crippen molar-refractivity contribution in [3.05, 3.63) is 96.6 Å². The molecule has 156 valence electrons. The molecule has 2 heterocycles. The Morgan fingerprint density at radius 3 is 2.27 bits per heavy atom. The maximum absolute atomic E-state index is 13.7. The predicted molar refractivity (Wildman–Crippen MR) is 108 cm³/mol. The lowest BCUT2D eigenvalue weighted by Gasteiger charge is -2.17. The smallest absolute Gasteiger partial charge is 0.285 e. The number of aromatic nitrogens is 3. The third kappa shape index (κ3) is 4.27. The lowest BCUT2D eigenvalue weighted by Crippen LogP contribution is -2.38. The minimum absolute atomic E-state index is 0.0820. The van der Waals surface area contributed by atoms with Crippen molar-refractivity contribution in [2.45, 2.75) is 40.2 Å². The monoisotopic (exact) mass is 413 g/mol. The standard InChI is InChI=1S/C22H21F2N3O3/c1-11(2)18-19(20(28)17-6-12(3)5-13(4)25-17)27(22(30)26-21(18)29)10-14-7-15(23)9-16(24)8-14/h5-9,11H,10H2,1-4H3,(H,26,29,30). The number of ketones is 1. The van der Waals surface area contributed by atoms with Gasteiger partial charge in [0.2, 0.25) is 5.78 Å². The number of nitrogens with zero attached hydrogens (tertiary/aromatic N) is 2. The van der Waals surface area contributed by atoms with E-state index in [-0.39, 0.29) is 29.1 Å². The van der Waals surface area contributed by atoms with E-state index in [2.05, 4.69) is 9.97 Å². The number of nitrogens with one attached hydrogen (secondary N) is 1. The molecule has 0 saturated carbocycles. The van der Waals surface area contributed by atoms with E-state index in [0.717, 1.165) is 22.3 Å². The van der Waals surface area contributed by atoms with E-state index in [1.807, 2.05) is 0 Å². The van der Waals surface area contributed by atoms with Crippen LogP contribution in [0, 0.1) is 25.5 Å². The van der Waals surface area contributed by atoms with Crippen molar-refractivity contribution in [1.82, 2.24) is 14.5 Å². The van der Waals surface area contributed by atoms with Crippen molar-refractivity contribution in [2.75, 3.05) is 0 Å². The van der Waals surface area contributed by atoms with Crippen LogP contribution >= 0.6 is 0 Å². The van der Waals surface area contributed by atoms with E-state index in [1.165, 1.54) is 0 Å². The number of aryl methyl sites for hydroxylation is 2. The summed E-state index contributed by atoms with van der Waals surface area (Å²) in [4.78, 5) is 45.0. The van der Waals surface area contributed by atoms with Gasteiger partial charge in [0.25, 0.3) is 5.56 Å². The molecule has 0 spiro atoms. The number of carbonyl (C=O) groups is 1. The van der Waals surface area contributed by atoms with Gasteiger partial charge in [-0.05, 0) is 55.2 Å². The van der Waals surface area contributed by atoms with Crippen molar-refractivity contribution in [2.24, 2.45) is 0 Å².